The Labute approximate surface area is 153 Å². The number of aromatic nitrogens is 3. The number of carbonyl (C=O) groups is 1. The maximum absolute atomic E-state index is 12.7. The predicted octanol–water partition coefficient (Wildman–Crippen LogP) is 1.93. The van der Waals surface area contributed by atoms with Gasteiger partial charge < -0.3 is 9.80 Å². The van der Waals surface area contributed by atoms with E-state index >= 15 is 0 Å². The molecule has 1 aromatic heterocycles. The van der Waals surface area contributed by atoms with Crippen LogP contribution < -0.4 is 0 Å². The van der Waals surface area contributed by atoms with E-state index in [9.17, 15) is 4.79 Å². The van der Waals surface area contributed by atoms with E-state index in [1.807, 2.05) is 4.90 Å². The fourth-order valence-corrected chi connectivity index (χ4v) is 4.98. The number of rotatable bonds is 4. The molecule has 3 fully saturated rings. The second-order valence-corrected chi connectivity index (χ2v) is 8.19. The molecule has 2 atom stereocenters. The van der Waals surface area contributed by atoms with Gasteiger partial charge in [-0.1, -0.05) is 30.3 Å². The molecule has 3 heterocycles. The Hall–Kier alpha value is -2.21. The molecular weight excluding hydrogens is 326 g/mol. The summed E-state index contributed by atoms with van der Waals surface area (Å²) in [6.45, 7) is 5.02. The van der Waals surface area contributed by atoms with Gasteiger partial charge in [0.25, 0.3) is 5.91 Å². The normalized spacial score (nSPS) is 28.9. The minimum absolute atomic E-state index is 0.0233. The first-order valence-electron chi connectivity index (χ1n) is 9.67. The highest BCUT2D eigenvalue weighted by Crippen LogP contribution is 2.46. The molecule has 6 nitrogen and oxygen atoms in total. The summed E-state index contributed by atoms with van der Waals surface area (Å²) >= 11 is 0. The number of fused-ring (bicyclic) bond motifs is 1. The first kappa shape index (κ1) is 16.0. The standard InChI is InChI=1S/C20H25N5O/c26-19(18-21-14-22-23-18)25-9-8-20(16-4-2-1-3-5-16)13-24(10-15-6-7-15)11-17(20)12-25/h1-5,14-15,17H,6-13H2,(H,21,22,23)/t17-,20-/m0/s1. The molecule has 5 rings (SSSR count). The first-order valence-corrected chi connectivity index (χ1v) is 9.67. The summed E-state index contributed by atoms with van der Waals surface area (Å²) < 4.78 is 0. The average molecular weight is 351 g/mol. The van der Waals surface area contributed by atoms with Gasteiger partial charge in [-0.05, 0) is 30.7 Å². The van der Waals surface area contributed by atoms with E-state index in [0.717, 1.165) is 38.5 Å². The summed E-state index contributed by atoms with van der Waals surface area (Å²) in [6.07, 6.45) is 5.19. The minimum atomic E-state index is -0.0233. The van der Waals surface area contributed by atoms with Crippen molar-refractivity contribution in [1.82, 2.24) is 25.0 Å². The van der Waals surface area contributed by atoms with Crippen LogP contribution >= 0.6 is 0 Å². The summed E-state index contributed by atoms with van der Waals surface area (Å²) in [5, 5.41) is 6.54. The van der Waals surface area contributed by atoms with Gasteiger partial charge in [-0.2, -0.15) is 5.10 Å². The highest BCUT2D eigenvalue weighted by molar-refractivity contribution is 5.90. The monoisotopic (exact) mass is 351 g/mol. The number of hydrogen-bond donors (Lipinski definition) is 1. The molecule has 0 radical (unpaired) electrons. The van der Waals surface area contributed by atoms with E-state index in [1.54, 1.807) is 0 Å². The third-order valence-electron chi connectivity index (χ3n) is 6.50. The highest BCUT2D eigenvalue weighted by atomic mass is 16.2. The molecule has 2 aliphatic heterocycles. The molecule has 136 valence electrons. The lowest BCUT2D eigenvalue weighted by Crippen LogP contribution is -2.51. The summed E-state index contributed by atoms with van der Waals surface area (Å²) in [4.78, 5) is 21.4. The number of hydrogen-bond acceptors (Lipinski definition) is 4. The second kappa shape index (κ2) is 6.20. The lowest BCUT2D eigenvalue weighted by atomic mass is 9.68. The van der Waals surface area contributed by atoms with Crippen LogP contribution in [0.25, 0.3) is 0 Å². The van der Waals surface area contributed by atoms with Crippen LogP contribution in [-0.2, 0) is 5.41 Å². The molecular formula is C20H25N5O. The lowest BCUT2D eigenvalue weighted by molar-refractivity contribution is 0.0591. The largest absolute Gasteiger partial charge is 0.336 e. The Balaban J connectivity index is 1.41. The maximum atomic E-state index is 12.7. The van der Waals surface area contributed by atoms with Gasteiger partial charge in [0, 0.05) is 44.1 Å². The van der Waals surface area contributed by atoms with Crippen molar-refractivity contribution in [3.8, 4) is 0 Å². The summed E-state index contributed by atoms with van der Waals surface area (Å²) in [5.41, 5.74) is 1.61. The van der Waals surface area contributed by atoms with E-state index in [1.165, 1.54) is 31.3 Å². The van der Waals surface area contributed by atoms with E-state index in [0.29, 0.717) is 11.7 Å². The fraction of sp³-hybridized carbons (Fsp3) is 0.550. The van der Waals surface area contributed by atoms with Crippen molar-refractivity contribution in [1.29, 1.82) is 0 Å². The third kappa shape index (κ3) is 2.72. The van der Waals surface area contributed by atoms with Gasteiger partial charge in [0.05, 0.1) is 0 Å². The third-order valence-corrected chi connectivity index (χ3v) is 6.50. The number of amides is 1. The lowest BCUT2D eigenvalue weighted by Gasteiger charge is -2.44. The SMILES string of the molecule is O=C(c1ncn[nH]1)N1CC[C@@]2(c3ccccc3)CN(CC3CC3)C[C@H]2C1. The zero-order chi connectivity index (χ0) is 17.6. The van der Waals surface area contributed by atoms with Crippen molar-refractivity contribution < 1.29 is 4.79 Å². The predicted molar refractivity (Wildman–Crippen MR) is 97.7 cm³/mol. The van der Waals surface area contributed by atoms with E-state index in [-0.39, 0.29) is 11.3 Å². The molecule has 26 heavy (non-hydrogen) atoms. The molecule has 2 saturated heterocycles. The van der Waals surface area contributed by atoms with Crippen LogP contribution in [0.5, 0.6) is 0 Å². The number of aromatic amines is 1. The molecule has 0 spiro atoms. The number of benzene rings is 1. The molecule has 1 amide bonds. The van der Waals surface area contributed by atoms with Gasteiger partial charge in [-0.15, -0.1) is 0 Å². The molecule has 1 saturated carbocycles. The molecule has 0 bridgehead atoms. The van der Waals surface area contributed by atoms with Crippen molar-refractivity contribution in [3.63, 3.8) is 0 Å². The van der Waals surface area contributed by atoms with Gasteiger partial charge in [-0.3, -0.25) is 9.89 Å². The molecule has 6 heteroatoms. The van der Waals surface area contributed by atoms with Gasteiger partial charge in [0.2, 0.25) is 5.82 Å². The number of H-pyrrole nitrogens is 1. The number of carbonyl (C=O) groups excluding carboxylic acids is 1. The maximum Gasteiger partial charge on any atom is 0.291 e. The van der Waals surface area contributed by atoms with Gasteiger partial charge in [0.1, 0.15) is 6.33 Å². The molecule has 1 aliphatic carbocycles. The van der Waals surface area contributed by atoms with Crippen molar-refractivity contribution in [2.75, 3.05) is 32.7 Å². The Bertz CT molecular complexity index is 773. The van der Waals surface area contributed by atoms with Crippen molar-refractivity contribution in [2.24, 2.45) is 11.8 Å². The van der Waals surface area contributed by atoms with Crippen LogP contribution in [0.1, 0.15) is 35.4 Å². The van der Waals surface area contributed by atoms with Crippen LogP contribution in [0.4, 0.5) is 0 Å². The second-order valence-electron chi connectivity index (χ2n) is 8.19. The Morgan fingerprint density at radius 2 is 2.08 bits per heavy atom. The quantitative estimate of drug-likeness (QED) is 0.914. The number of nitrogens with zero attached hydrogens (tertiary/aromatic N) is 4. The van der Waals surface area contributed by atoms with Gasteiger partial charge in [0.15, 0.2) is 0 Å². The fourth-order valence-electron chi connectivity index (χ4n) is 4.98. The molecule has 0 unspecified atom stereocenters. The van der Waals surface area contributed by atoms with E-state index < -0.39 is 0 Å². The Morgan fingerprint density at radius 1 is 1.23 bits per heavy atom. The van der Waals surface area contributed by atoms with Gasteiger partial charge in [-0.25, -0.2) is 4.98 Å². The Morgan fingerprint density at radius 3 is 2.81 bits per heavy atom. The molecule has 2 aromatic rings. The molecule has 1 N–H and O–H groups in total. The van der Waals surface area contributed by atoms with Crippen LogP contribution in [0.2, 0.25) is 0 Å². The highest BCUT2D eigenvalue weighted by Gasteiger charge is 2.51. The minimum Gasteiger partial charge on any atom is -0.336 e. The zero-order valence-electron chi connectivity index (χ0n) is 15.0. The topological polar surface area (TPSA) is 65.1 Å². The van der Waals surface area contributed by atoms with Crippen molar-refractivity contribution >= 4 is 5.91 Å². The van der Waals surface area contributed by atoms with Crippen LogP contribution in [0.3, 0.4) is 0 Å². The first-order chi connectivity index (χ1) is 12.7. The van der Waals surface area contributed by atoms with Crippen LogP contribution in [0, 0.1) is 11.8 Å². The molecule has 3 aliphatic rings. The Kier molecular flexibility index (Phi) is 3.81. The van der Waals surface area contributed by atoms with Gasteiger partial charge >= 0.3 is 0 Å². The summed E-state index contributed by atoms with van der Waals surface area (Å²) in [5.74, 6) is 1.70. The van der Waals surface area contributed by atoms with E-state index in [4.69, 9.17) is 0 Å². The molecule has 1 aromatic carbocycles. The van der Waals surface area contributed by atoms with Crippen LogP contribution in [-0.4, -0.2) is 63.6 Å². The van der Waals surface area contributed by atoms with Crippen molar-refractivity contribution in [3.05, 3.63) is 48.0 Å². The van der Waals surface area contributed by atoms with E-state index in [2.05, 4.69) is 50.4 Å². The smallest absolute Gasteiger partial charge is 0.291 e. The van der Waals surface area contributed by atoms with Crippen molar-refractivity contribution in [2.45, 2.75) is 24.7 Å². The number of nitrogens with one attached hydrogen (secondary N) is 1. The summed E-state index contributed by atoms with van der Waals surface area (Å²) in [6, 6.07) is 10.9. The number of likely N-dealkylation sites (tertiary alicyclic amines) is 2. The zero-order valence-corrected chi connectivity index (χ0v) is 15.0. The average Bonchev–Trinajstić information content (AvgIpc) is 3.19. The number of piperidine rings is 1. The summed E-state index contributed by atoms with van der Waals surface area (Å²) in [7, 11) is 0. The van der Waals surface area contributed by atoms with Crippen LogP contribution in [0.15, 0.2) is 36.7 Å².